The highest BCUT2D eigenvalue weighted by Gasteiger charge is 2.39. The number of aliphatic hydroxyl groups excluding tert-OH is 1. The topological polar surface area (TPSA) is 113 Å². The highest BCUT2D eigenvalue weighted by atomic mass is 32.2. The van der Waals surface area contributed by atoms with Crippen molar-refractivity contribution < 1.29 is 34.1 Å². The van der Waals surface area contributed by atoms with Crippen LogP contribution in [0.5, 0.6) is 0 Å². The zero-order chi connectivity index (χ0) is 30.8. The molecular formula is C35H31NO7S. The van der Waals surface area contributed by atoms with Gasteiger partial charge < -0.3 is 19.7 Å². The highest BCUT2D eigenvalue weighted by Crippen LogP contribution is 2.43. The fraction of sp³-hybridized carbons (Fsp3) is 0.229. The molecule has 4 aromatic rings. The molecule has 2 aliphatic heterocycles. The number of aliphatic hydroxyl groups is 1. The highest BCUT2D eigenvalue weighted by molar-refractivity contribution is 7.99. The molecule has 6 rings (SSSR count). The van der Waals surface area contributed by atoms with Crippen molar-refractivity contribution in [3.05, 3.63) is 136 Å². The number of hydrogen-bond donors (Lipinski definition) is 2. The molecule has 0 radical (unpaired) electrons. The third-order valence-electron chi connectivity index (χ3n) is 8.11. The summed E-state index contributed by atoms with van der Waals surface area (Å²) in [5.41, 5.74) is 4.41. The number of hydrogen-bond acceptors (Lipinski definition) is 7. The standard InChI is InChI=1S/C35H31NO7S/c1-21-29(20-44-30-9-5-4-8-28(30)34(40)41)42-35(43-31(21)24-14-12-23(19-37)13-15-24)25-16-10-22(11-17-25)18-36-32(38)26-6-2-3-7-27(26)33(36)39/h2-17,21,29,31,35,37H,18-20H2,1H3,(H,40,41). The fourth-order valence-electron chi connectivity index (χ4n) is 5.60. The van der Waals surface area contributed by atoms with Gasteiger partial charge in [-0.25, -0.2) is 4.79 Å². The minimum absolute atomic E-state index is 0.0532. The predicted octanol–water partition coefficient (Wildman–Crippen LogP) is 6.26. The van der Waals surface area contributed by atoms with Crippen LogP contribution in [0.4, 0.5) is 0 Å². The molecule has 0 aliphatic carbocycles. The normalized spacial score (nSPS) is 21.4. The molecule has 44 heavy (non-hydrogen) atoms. The zero-order valence-electron chi connectivity index (χ0n) is 24.0. The minimum Gasteiger partial charge on any atom is -0.478 e. The number of thioether (sulfide) groups is 1. The Kier molecular flexibility index (Phi) is 8.63. The molecule has 9 heteroatoms. The number of nitrogens with zero attached hydrogens (tertiary/aromatic N) is 1. The van der Waals surface area contributed by atoms with Gasteiger partial charge in [0.25, 0.3) is 11.8 Å². The second-order valence-corrected chi connectivity index (χ2v) is 12.0. The summed E-state index contributed by atoms with van der Waals surface area (Å²) in [5, 5.41) is 19.2. The molecule has 4 aromatic carbocycles. The summed E-state index contributed by atoms with van der Waals surface area (Å²) in [6, 6.07) is 28.9. The molecule has 8 nitrogen and oxygen atoms in total. The molecule has 1 saturated heterocycles. The number of carbonyl (C=O) groups is 3. The lowest BCUT2D eigenvalue weighted by atomic mass is 9.91. The van der Waals surface area contributed by atoms with Crippen LogP contribution in [-0.4, -0.2) is 44.8 Å². The molecule has 2 aliphatic rings. The molecule has 4 atom stereocenters. The van der Waals surface area contributed by atoms with Crippen LogP contribution >= 0.6 is 11.8 Å². The van der Waals surface area contributed by atoms with Gasteiger partial charge in [-0.2, -0.15) is 0 Å². The number of amides is 2. The van der Waals surface area contributed by atoms with Crippen LogP contribution in [0.2, 0.25) is 0 Å². The SMILES string of the molecule is CC1C(CSc2ccccc2C(=O)O)OC(c2ccc(CN3C(=O)c4ccccc4C3=O)cc2)OC1c1ccc(CO)cc1. The van der Waals surface area contributed by atoms with Gasteiger partial charge in [0.1, 0.15) is 0 Å². The predicted molar refractivity (Wildman–Crippen MR) is 164 cm³/mol. The van der Waals surface area contributed by atoms with E-state index in [0.717, 1.165) is 22.3 Å². The van der Waals surface area contributed by atoms with E-state index in [2.05, 4.69) is 6.92 Å². The molecule has 0 saturated carbocycles. The first-order valence-electron chi connectivity index (χ1n) is 14.3. The first-order chi connectivity index (χ1) is 21.3. The Morgan fingerprint density at radius 3 is 2.02 bits per heavy atom. The van der Waals surface area contributed by atoms with E-state index in [1.807, 2.05) is 54.6 Å². The Bertz CT molecular complexity index is 1650. The number of ether oxygens (including phenoxy) is 2. The molecule has 2 heterocycles. The number of aromatic carboxylic acids is 1. The first kappa shape index (κ1) is 29.8. The maximum atomic E-state index is 12.8. The van der Waals surface area contributed by atoms with Crippen molar-refractivity contribution in [1.82, 2.24) is 4.90 Å². The number of carboxylic acids is 1. The summed E-state index contributed by atoms with van der Waals surface area (Å²) in [5.74, 6) is -1.14. The number of benzene rings is 4. The second kappa shape index (κ2) is 12.8. The average Bonchev–Trinajstić information content (AvgIpc) is 3.29. The van der Waals surface area contributed by atoms with Crippen LogP contribution in [0, 0.1) is 5.92 Å². The van der Waals surface area contributed by atoms with Gasteiger partial charge in [0, 0.05) is 22.1 Å². The number of rotatable bonds is 9. The van der Waals surface area contributed by atoms with Crippen LogP contribution < -0.4 is 0 Å². The van der Waals surface area contributed by atoms with E-state index in [0.29, 0.717) is 21.8 Å². The van der Waals surface area contributed by atoms with Gasteiger partial charge in [-0.3, -0.25) is 14.5 Å². The van der Waals surface area contributed by atoms with Gasteiger partial charge >= 0.3 is 5.97 Å². The Morgan fingerprint density at radius 2 is 1.39 bits per heavy atom. The fourth-order valence-corrected chi connectivity index (χ4v) is 6.81. The van der Waals surface area contributed by atoms with Crippen molar-refractivity contribution in [2.24, 2.45) is 5.92 Å². The van der Waals surface area contributed by atoms with Gasteiger partial charge in [-0.1, -0.05) is 79.7 Å². The second-order valence-electron chi connectivity index (χ2n) is 10.9. The lowest BCUT2D eigenvalue weighted by molar-refractivity contribution is -0.268. The lowest BCUT2D eigenvalue weighted by Crippen LogP contribution is -2.38. The molecule has 1 fully saturated rings. The Balaban J connectivity index is 1.22. The third-order valence-corrected chi connectivity index (χ3v) is 9.28. The van der Waals surface area contributed by atoms with Gasteiger partial charge in [-0.15, -0.1) is 11.8 Å². The summed E-state index contributed by atoms with van der Waals surface area (Å²) >= 11 is 1.44. The summed E-state index contributed by atoms with van der Waals surface area (Å²) in [7, 11) is 0. The maximum Gasteiger partial charge on any atom is 0.336 e. The molecule has 224 valence electrons. The van der Waals surface area contributed by atoms with Crippen molar-refractivity contribution in [3.8, 4) is 0 Å². The van der Waals surface area contributed by atoms with Gasteiger partial charge in [0.2, 0.25) is 0 Å². The zero-order valence-corrected chi connectivity index (χ0v) is 24.8. The van der Waals surface area contributed by atoms with Crippen molar-refractivity contribution >= 4 is 29.5 Å². The monoisotopic (exact) mass is 609 g/mol. The van der Waals surface area contributed by atoms with E-state index in [9.17, 15) is 24.6 Å². The van der Waals surface area contributed by atoms with E-state index in [-0.39, 0.29) is 48.7 Å². The van der Waals surface area contributed by atoms with E-state index < -0.39 is 12.3 Å². The number of carbonyl (C=O) groups excluding carboxylic acids is 2. The van der Waals surface area contributed by atoms with Crippen molar-refractivity contribution in [2.45, 2.75) is 43.5 Å². The van der Waals surface area contributed by atoms with Crippen LogP contribution in [-0.2, 0) is 22.6 Å². The lowest BCUT2D eigenvalue weighted by Gasteiger charge is -2.41. The Morgan fingerprint density at radius 1 is 0.795 bits per heavy atom. The van der Waals surface area contributed by atoms with Crippen LogP contribution in [0.1, 0.15) is 72.6 Å². The summed E-state index contributed by atoms with van der Waals surface area (Å²) < 4.78 is 13.0. The minimum atomic E-state index is -0.977. The van der Waals surface area contributed by atoms with Crippen LogP contribution in [0.15, 0.2) is 102 Å². The van der Waals surface area contributed by atoms with Crippen molar-refractivity contribution in [3.63, 3.8) is 0 Å². The summed E-state index contributed by atoms with van der Waals surface area (Å²) in [6.45, 7) is 2.15. The quantitative estimate of drug-likeness (QED) is 0.169. The molecule has 2 N–H and O–H groups in total. The largest absolute Gasteiger partial charge is 0.478 e. The van der Waals surface area contributed by atoms with E-state index in [1.165, 1.54) is 16.7 Å². The molecule has 0 spiro atoms. The molecule has 0 aromatic heterocycles. The number of imide groups is 1. The number of carboxylic acid groups (broad SMARTS) is 1. The summed E-state index contributed by atoms with van der Waals surface area (Å²) in [4.78, 5) is 39.4. The molecular weight excluding hydrogens is 578 g/mol. The van der Waals surface area contributed by atoms with Gasteiger partial charge in [0.05, 0.1) is 42.0 Å². The van der Waals surface area contributed by atoms with Crippen molar-refractivity contribution in [2.75, 3.05) is 5.75 Å². The molecule has 0 bridgehead atoms. The van der Waals surface area contributed by atoms with Crippen LogP contribution in [0.3, 0.4) is 0 Å². The maximum absolute atomic E-state index is 12.8. The molecule has 2 amide bonds. The Labute approximate surface area is 259 Å². The smallest absolute Gasteiger partial charge is 0.336 e. The van der Waals surface area contributed by atoms with E-state index in [4.69, 9.17) is 9.47 Å². The van der Waals surface area contributed by atoms with Gasteiger partial charge in [0.15, 0.2) is 6.29 Å². The van der Waals surface area contributed by atoms with E-state index in [1.54, 1.807) is 42.5 Å². The molecule has 4 unspecified atom stereocenters. The Hall–Kier alpha value is -4.28. The summed E-state index contributed by atoms with van der Waals surface area (Å²) in [6.07, 6.45) is -1.30. The van der Waals surface area contributed by atoms with Crippen molar-refractivity contribution in [1.29, 1.82) is 0 Å². The van der Waals surface area contributed by atoms with Crippen LogP contribution in [0.25, 0.3) is 0 Å². The number of fused-ring (bicyclic) bond motifs is 1. The first-order valence-corrected chi connectivity index (χ1v) is 15.3. The van der Waals surface area contributed by atoms with Gasteiger partial charge in [-0.05, 0) is 41.0 Å². The van der Waals surface area contributed by atoms with E-state index >= 15 is 0 Å². The average molecular weight is 610 g/mol. The third kappa shape index (κ3) is 5.92.